The molecule has 0 N–H and O–H groups in total. The summed E-state index contributed by atoms with van der Waals surface area (Å²) in [5, 5.41) is 0. The van der Waals surface area contributed by atoms with Crippen molar-refractivity contribution in [1.29, 1.82) is 0 Å². The van der Waals surface area contributed by atoms with E-state index in [1.807, 2.05) is 0 Å². The zero-order valence-electron chi connectivity index (χ0n) is 7.64. The van der Waals surface area contributed by atoms with Crippen LogP contribution in [0.5, 0.6) is 0 Å². The predicted octanol–water partition coefficient (Wildman–Crippen LogP) is -0.177. The van der Waals surface area contributed by atoms with Crippen LogP contribution in [-0.2, 0) is 20.4 Å². The first-order valence-electron chi connectivity index (χ1n) is 4.58. The van der Waals surface area contributed by atoms with Gasteiger partial charge in [-0.15, -0.1) is 0 Å². The zero-order valence-corrected chi connectivity index (χ0v) is 8.46. The number of amides is 2. The van der Waals surface area contributed by atoms with E-state index in [0.717, 1.165) is 0 Å². The minimum Gasteiger partial charge on any atom is -0.272 e. The van der Waals surface area contributed by atoms with Gasteiger partial charge in [-0.1, -0.05) is 0 Å². The molecule has 0 unspecified atom stereocenters. The molecule has 0 spiro atoms. The minimum atomic E-state index is -0.753. The van der Waals surface area contributed by atoms with Crippen LogP contribution in [0.2, 0.25) is 0 Å². The fourth-order valence-electron chi connectivity index (χ4n) is 1.81. The summed E-state index contributed by atoms with van der Waals surface area (Å²) in [6.07, 6.45) is 3.94. The van der Waals surface area contributed by atoms with E-state index in [4.69, 9.17) is 0 Å². The van der Waals surface area contributed by atoms with Crippen LogP contribution >= 0.6 is 0 Å². The smallest absolute Gasteiger partial charge is 0.253 e. The van der Waals surface area contributed by atoms with Gasteiger partial charge >= 0.3 is 0 Å². The average molecular weight is 213 g/mol. The third kappa shape index (κ3) is 1.64. The summed E-state index contributed by atoms with van der Waals surface area (Å²) in [6, 6.07) is -0.0392. The molecule has 0 aromatic carbocycles. The summed E-state index contributed by atoms with van der Waals surface area (Å²) in [4.78, 5) is 23.9. The van der Waals surface area contributed by atoms with E-state index < -0.39 is 10.8 Å². The predicted molar refractivity (Wildman–Crippen MR) is 51.9 cm³/mol. The second kappa shape index (κ2) is 3.65. The van der Waals surface area contributed by atoms with Crippen molar-refractivity contribution in [3.05, 3.63) is 12.2 Å². The maximum Gasteiger partial charge on any atom is 0.253 e. The van der Waals surface area contributed by atoms with Gasteiger partial charge in [-0.05, 0) is 12.8 Å². The van der Waals surface area contributed by atoms with Crippen molar-refractivity contribution in [1.82, 2.24) is 4.90 Å². The summed E-state index contributed by atoms with van der Waals surface area (Å²) in [5.41, 5.74) is 0. The quantitative estimate of drug-likeness (QED) is 0.568. The van der Waals surface area contributed by atoms with Gasteiger partial charge in [-0.3, -0.25) is 18.7 Å². The Morgan fingerprint density at radius 3 is 2.14 bits per heavy atom. The molecule has 4 nitrogen and oxygen atoms in total. The first-order chi connectivity index (χ1) is 6.68. The summed E-state index contributed by atoms with van der Waals surface area (Å²) < 4.78 is 11.1. The van der Waals surface area contributed by atoms with E-state index >= 15 is 0 Å². The van der Waals surface area contributed by atoms with Gasteiger partial charge < -0.3 is 0 Å². The number of carbonyl (C=O) groups excluding carboxylic acids is 2. The maximum absolute atomic E-state index is 11.3. The van der Waals surface area contributed by atoms with Crippen LogP contribution in [0.4, 0.5) is 0 Å². The molecule has 0 atom stereocenters. The van der Waals surface area contributed by atoms with Gasteiger partial charge in [0.05, 0.1) is 0 Å². The lowest BCUT2D eigenvalue weighted by molar-refractivity contribution is -0.139. The lowest BCUT2D eigenvalue weighted by atomic mass is 10.1. The lowest BCUT2D eigenvalue weighted by Gasteiger charge is -2.28. The van der Waals surface area contributed by atoms with Crippen LogP contribution < -0.4 is 0 Å². The van der Waals surface area contributed by atoms with Crippen molar-refractivity contribution >= 4 is 22.6 Å². The highest BCUT2D eigenvalue weighted by atomic mass is 32.2. The lowest BCUT2D eigenvalue weighted by Crippen LogP contribution is -2.43. The molecular weight excluding hydrogens is 202 g/mol. The molecule has 2 aliphatic rings. The van der Waals surface area contributed by atoms with Crippen molar-refractivity contribution in [2.75, 3.05) is 11.5 Å². The highest BCUT2D eigenvalue weighted by molar-refractivity contribution is 7.85. The Hall–Kier alpha value is -0.970. The Morgan fingerprint density at radius 2 is 1.64 bits per heavy atom. The van der Waals surface area contributed by atoms with Crippen LogP contribution in [0.1, 0.15) is 12.8 Å². The van der Waals surface area contributed by atoms with Crippen LogP contribution in [-0.4, -0.2) is 38.5 Å². The molecule has 5 heteroatoms. The molecular formula is C9H11NO3S. The molecule has 0 saturated carbocycles. The molecule has 1 saturated heterocycles. The number of carbonyl (C=O) groups is 2. The Bertz CT molecular complexity index is 309. The number of hydrogen-bond donors (Lipinski definition) is 0. The molecule has 14 heavy (non-hydrogen) atoms. The number of hydrogen-bond acceptors (Lipinski definition) is 3. The third-order valence-corrected chi connectivity index (χ3v) is 3.95. The fourth-order valence-corrected chi connectivity index (χ4v) is 3.09. The molecule has 0 radical (unpaired) electrons. The van der Waals surface area contributed by atoms with Gasteiger partial charge in [0, 0.05) is 40.5 Å². The van der Waals surface area contributed by atoms with Crippen LogP contribution in [0.25, 0.3) is 0 Å². The monoisotopic (exact) mass is 213 g/mol. The average Bonchev–Trinajstić information content (AvgIpc) is 2.49. The summed E-state index contributed by atoms with van der Waals surface area (Å²) >= 11 is 0. The molecule has 2 aliphatic heterocycles. The molecule has 2 rings (SSSR count). The van der Waals surface area contributed by atoms with E-state index in [1.165, 1.54) is 17.1 Å². The molecule has 0 aromatic heterocycles. The summed E-state index contributed by atoms with van der Waals surface area (Å²) in [6.45, 7) is 0. The first kappa shape index (κ1) is 9.58. The number of rotatable bonds is 1. The summed E-state index contributed by atoms with van der Waals surface area (Å²) in [5.74, 6) is 0.740. The molecule has 0 aromatic rings. The zero-order chi connectivity index (χ0) is 10.1. The SMILES string of the molecule is O=C1C=CC(=O)N1C1CCS(=O)CC1. The maximum atomic E-state index is 11.3. The van der Waals surface area contributed by atoms with Crippen LogP contribution in [0, 0.1) is 0 Å². The molecule has 2 amide bonds. The Balaban J connectivity index is 2.05. The van der Waals surface area contributed by atoms with Crippen molar-refractivity contribution in [2.45, 2.75) is 18.9 Å². The molecule has 0 bridgehead atoms. The first-order valence-corrected chi connectivity index (χ1v) is 6.07. The normalized spacial score (nSPS) is 32.7. The van der Waals surface area contributed by atoms with E-state index in [2.05, 4.69) is 0 Å². The molecule has 76 valence electrons. The number of imide groups is 1. The largest absolute Gasteiger partial charge is 0.272 e. The van der Waals surface area contributed by atoms with E-state index in [0.29, 0.717) is 24.3 Å². The van der Waals surface area contributed by atoms with Crippen LogP contribution in [0.15, 0.2) is 12.2 Å². The highest BCUT2D eigenvalue weighted by Crippen LogP contribution is 2.19. The fraction of sp³-hybridized carbons (Fsp3) is 0.556. The second-order valence-corrected chi connectivity index (χ2v) is 5.16. The van der Waals surface area contributed by atoms with Gasteiger partial charge in [-0.25, -0.2) is 0 Å². The van der Waals surface area contributed by atoms with Gasteiger partial charge in [0.2, 0.25) is 0 Å². The Morgan fingerprint density at radius 1 is 1.14 bits per heavy atom. The van der Waals surface area contributed by atoms with E-state index in [9.17, 15) is 13.8 Å². The topological polar surface area (TPSA) is 54.5 Å². The Labute approximate surface area is 84.4 Å². The van der Waals surface area contributed by atoms with Gasteiger partial charge in [0.15, 0.2) is 0 Å². The van der Waals surface area contributed by atoms with Gasteiger partial charge in [0.25, 0.3) is 11.8 Å². The Kier molecular flexibility index (Phi) is 2.50. The molecule has 1 fully saturated rings. The van der Waals surface area contributed by atoms with Crippen molar-refractivity contribution in [3.8, 4) is 0 Å². The van der Waals surface area contributed by atoms with Crippen molar-refractivity contribution in [2.24, 2.45) is 0 Å². The van der Waals surface area contributed by atoms with E-state index in [1.54, 1.807) is 0 Å². The molecule has 2 heterocycles. The second-order valence-electron chi connectivity index (χ2n) is 3.46. The standard InChI is InChI=1S/C9H11NO3S/c11-8-1-2-9(12)10(8)7-3-5-14(13)6-4-7/h1-2,7H,3-6H2. The van der Waals surface area contributed by atoms with Crippen molar-refractivity contribution < 1.29 is 13.8 Å². The van der Waals surface area contributed by atoms with Gasteiger partial charge in [-0.2, -0.15) is 0 Å². The van der Waals surface area contributed by atoms with Crippen LogP contribution in [0.3, 0.4) is 0 Å². The number of nitrogens with zero attached hydrogens (tertiary/aromatic N) is 1. The van der Waals surface area contributed by atoms with Gasteiger partial charge in [0.1, 0.15) is 0 Å². The third-order valence-electron chi connectivity index (χ3n) is 2.57. The summed E-state index contributed by atoms with van der Waals surface area (Å²) in [7, 11) is -0.753. The van der Waals surface area contributed by atoms with Crippen molar-refractivity contribution in [3.63, 3.8) is 0 Å². The van der Waals surface area contributed by atoms with E-state index in [-0.39, 0.29) is 17.9 Å². The molecule has 0 aliphatic carbocycles. The minimum absolute atomic E-state index is 0.0392. The highest BCUT2D eigenvalue weighted by Gasteiger charge is 2.32.